The maximum Gasteiger partial charge on any atom is 0.387 e. The Morgan fingerprint density at radius 2 is 2.04 bits per heavy atom. The Balaban J connectivity index is 2.30. The third kappa shape index (κ3) is 5.03. The fourth-order valence-corrected chi connectivity index (χ4v) is 2.20. The molecule has 0 aliphatic carbocycles. The van der Waals surface area contributed by atoms with E-state index in [2.05, 4.69) is 10.1 Å². The highest BCUT2D eigenvalue weighted by Crippen LogP contribution is 2.24. The number of rotatable bonds is 5. The van der Waals surface area contributed by atoms with Crippen molar-refractivity contribution in [2.45, 2.75) is 13.5 Å². The fraction of sp³-hybridized carbons (Fsp3) is 0.111. The van der Waals surface area contributed by atoms with Gasteiger partial charge in [-0.1, -0.05) is 35.9 Å². The smallest absolute Gasteiger partial charge is 0.387 e. The Bertz CT molecular complexity index is 860. The maximum atomic E-state index is 12.4. The molecule has 0 bridgehead atoms. The summed E-state index contributed by atoms with van der Waals surface area (Å²) < 4.78 is 29.3. The summed E-state index contributed by atoms with van der Waals surface area (Å²) in [7, 11) is 0. The predicted molar refractivity (Wildman–Crippen MR) is 91.5 cm³/mol. The van der Waals surface area contributed by atoms with E-state index in [1.54, 1.807) is 37.3 Å². The third-order valence-corrected chi connectivity index (χ3v) is 3.48. The Labute approximate surface area is 148 Å². The minimum absolute atomic E-state index is 0.128. The number of para-hydroxylation sites is 1. The van der Waals surface area contributed by atoms with Crippen LogP contribution in [0.15, 0.2) is 48.0 Å². The van der Waals surface area contributed by atoms with E-state index >= 15 is 0 Å². The molecule has 0 saturated heterocycles. The number of nitrogens with zero attached hydrogens (tertiary/aromatic N) is 1. The molecular formula is C18H13ClF2N2O2. The number of nitrogens with one attached hydrogen (secondary N) is 1. The normalized spacial score (nSPS) is 11.1. The quantitative estimate of drug-likeness (QED) is 0.614. The van der Waals surface area contributed by atoms with Gasteiger partial charge < -0.3 is 10.1 Å². The molecule has 4 nitrogen and oxygen atoms in total. The van der Waals surface area contributed by atoms with Crippen LogP contribution in [0.25, 0.3) is 6.08 Å². The van der Waals surface area contributed by atoms with E-state index in [0.29, 0.717) is 10.7 Å². The van der Waals surface area contributed by atoms with E-state index in [1.807, 2.05) is 0 Å². The van der Waals surface area contributed by atoms with E-state index in [9.17, 15) is 18.8 Å². The number of anilines is 1. The maximum absolute atomic E-state index is 12.4. The Hall–Kier alpha value is -2.91. The highest BCUT2D eigenvalue weighted by atomic mass is 35.5. The number of aryl methyl sites for hydroxylation is 1. The summed E-state index contributed by atoms with van der Waals surface area (Å²) in [5, 5.41) is 12.2. The third-order valence-electron chi connectivity index (χ3n) is 3.25. The van der Waals surface area contributed by atoms with Gasteiger partial charge in [-0.3, -0.25) is 4.79 Å². The number of ether oxygens (including phenoxy) is 1. The van der Waals surface area contributed by atoms with Crippen LogP contribution < -0.4 is 10.1 Å². The molecule has 0 aliphatic rings. The zero-order valence-electron chi connectivity index (χ0n) is 13.1. The van der Waals surface area contributed by atoms with Crippen LogP contribution in [0, 0.1) is 18.3 Å². The zero-order chi connectivity index (χ0) is 18.4. The summed E-state index contributed by atoms with van der Waals surface area (Å²) in [5.74, 6) is -0.809. The summed E-state index contributed by atoms with van der Waals surface area (Å²) in [5.41, 5.74) is 1.15. The van der Waals surface area contributed by atoms with Crippen LogP contribution in [0.5, 0.6) is 5.75 Å². The molecule has 2 aromatic carbocycles. The van der Waals surface area contributed by atoms with Crippen LogP contribution in [0.3, 0.4) is 0 Å². The lowest BCUT2D eigenvalue weighted by Gasteiger charge is -2.10. The molecule has 0 saturated carbocycles. The van der Waals surface area contributed by atoms with E-state index in [1.165, 1.54) is 24.3 Å². The first-order valence-corrected chi connectivity index (χ1v) is 7.51. The molecule has 1 N–H and O–H groups in total. The Morgan fingerprint density at radius 1 is 1.32 bits per heavy atom. The first-order chi connectivity index (χ1) is 11.9. The van der Waals surface area contributed by atoms with Crippen molar-refractivity contribution >= 4 is 29.3 Å². The van der Waals surface area contributed by atoms with Gasteiger partial charge in [-0.05, 0) is 36.8 Å². The largest absolute Gasteiger partial charge is 0.434 e. The number of nitriles is 1. The van der Waals surface area contributed by atoms with Crippen molar-refractivity contribution in [1.29, 1.82) is 5.26 Å². The molecular weight excluding hydrogens is 350 g/mol. The van der Waals surface area contributed by atoms with Crippen LogP contribution in [-0.2, 0) is 4.79 Å². The number of carbonyl (C=O) groups is 1. The minimum atomic E-state index is -3.01. The molecule has 7 heteroatoms. The predicted octanol–water partition coefficient (Wildman–Crippen LogP) is 4.80. The molecule has 25 heavy (non-hydrogen) atoms. The van der Waals surface area contributed by atoms with Crippen molar-refractivity contribution < 1.29 is 18.3 Å². The number of halogens is 3. The molecule has 0 radical (unpaired) electrons. The molecule has 0 aromatic heterocycles. The number of hydrogen-bond donors (Lipinski definition) is 1. The van der Waals surface area contributed by atoms with Crippen LogP contribution in [-0.4, -0.2) is 12.5 Å². The summed E-state index contributed by atoms with van der Waals surface area (Å²) in [6, 6.07) is 12.6. The summed E-state index contributed by atoms with van der Waals surface area (Å²) in [6.45, 7) is -1.24. The van der Waals surface area contributed by atoms with E-state index in [4.69, 9.17) is 11.6 Å². The molecule has 0 heterocycles. The van der Waals surface area contributed by atoms with Gasteiger partial charge in [0.25, 0.3) is 5.91 Å². The fourth-order valence-electron chi connectivity index (χ4n) is 2.03. The SMILES string of the molecule is Cc1ccc(Cl)cc1NC(=O)/C(C#N)=C/c1ccccc1OC(F)F. The average molecular weight is 363 g/mol. The van der Waals surface area contributed by atoms with Crippen molar-refractivity contribution in [2.24, 2.45) is 0 Å². The monoisotopic (exact) mass is 362 g/mol. The van der Waals surface area contributed by atoms with Crippen LogP contribution in [0.2, 0.25) is 5.02 Å². The van der Waals surface area contributed by atoms with E-state index in [0.717, 1.165) is 5.56 Å². The summed E-state index contributed by atoms with van der Waals surface area (Å²) >= 11 is 5.89. The van der Waals surface area contributed by atoms with Crippen LogP contribution >= 0.6 is 11.6 Å². The zero-order valence-corrected chi connectivity index (χ0v) is 13.8. The van der Waals surface area contributed by atoms with Crippen molar-refractivity contribution in [3.63, 3.8) is 0 Å². The van der Waals surface area contributed by atoms with Gasteiger partial charge in [0.15, 0.2) is 0 Å². The van der Waals surface area contributed by atoms with Crippen LogP contribution in [0.4, 0.5) is 14.5 Å². The molecule has 0 aliphatic heterocycles. The first kappa shape index (κ1) is 18.4. The molecule has 1 amide bonds. The van der Waals surface area contributed by atoms with Crippen molar-refractivity contribution in [3.8, 4) is 11.8 Å². The Kier molecular flexibility index (Phi) is 6.09. The number of amides is 1. The second kappa shape index (κ2) is 8.27. The summed E-state index contributed by atoms with van der Waals surface area (Å²) in [4.78, 5) is 12.3. The second-order valence-electron chi connectivity index (χ2n) is 5.00. The number of alkyl halides is 2. The molecule has 0 spiro atoms. The standard InChI is InChI=1S/C18H13ClF2N2O2/c1-11-6-7-14(19)9-15(11)23-17(24)13(10-22)8-12-4-2-3-5-16(12)25-18(20)21/h2-9,18H,1H3,(H,23,24)/b13-8+. The molecule has 0 unspecified atom stereocenters. The van der Waals surface area contributed by atoms with E-state index < -0.39 is 12.5 Å². The van der Waals surface area contributed by atoms with Crippen molar-refractivity contribution in [3.05, 3.63) is 64.2 Å². The van der Waals surface area contributed by atoms with Gasteiger partial charge in [0, 0.05) is 16.3 Å². The highest BCUT2D eigenvalue weighted by molar-refractivity contribution is 6.31. The van der Waals surface area contributed by atoms with Gasteiger partial charge in [-0.15, -0.1) is 0 Å². The molecule has 2 rings (SSSR count). The van der Waals surface area contributed by atoms with Gasteiger partial charge in [-0.25, -0.2) is 0 Å². The van der Waals surface area contributed by atoms with Gasteiger partial charge in [-0.2, -0.15) is 14.0 Å². The lowest BCUT2D eigenvalue weighted by Crippen LogP contribution is -2.14. The topological polar surface area (TPSA) is 62.1 Å². The van der Waals surface area contributed by atoms with E-state index in [-0.39, 0.29) is 16.9 Å². The van der Waals surface area contributed by atoms with Gasteiger partial charge >= 0.3 is 6.61 Å². The van der Waals surface area contributed by atoms with Gasteiger partial charge in [0.1, 0.15) is 17.4 Å². The number of carbonyl (C=O) groups excluding carboxylic acids is 1. The summed E-state index contributed by atoms with van der Waals surface area (Å²) in [6.07, 6.45) is 1.19. The second-order valence-corrected chi connectivity index (χ2v) is 5.44. The first-order valence-electron chi connectivity index (χ1n) is 7.14. The van der Waals surface area contributed by atoms with Gasteiger partial charge in [0.2, 0.25) is 0 Å². The molecule has 2 aromatic rings. The lowest BCUT2D eigenvalue weighted by atomic mass is 10.1. The van der Waals surface area contributed by atoms with Crippen molar-refractivity contribution in [1.82, 2.24) is 0 Å². The molecule has 128 valence electrons. The van der Waals surface area contributed by atoms with Crippen molar-refractivity contribution in [2.75, 3.05) is 5.32 Å². The molecule has 0 fully saturated rings. The van der Waals surface area contributed by atoms with Gasteiger partial charge in [0.05, 0.1) is 0 Å². The molecule has 0 atom stereocenters. The highest BCUT2D eigenvalue weighted by Gasteiger charge is 2.14. The lowest BCUT2D eigenvalue weighted by molar-refractivity contribution is -0.112. The number of hydrogen-bond acceptors (Lipinski definition) is 3. The number of benzene rings is 2. The minimum Gasteiger partial charge on any atom is -0.434 e. The van der Waals surface area contributed by atoms with Crippen LogP contribution in [0.1, 0.15) is 11.1 Å². The Morgan fingerprint density at radius 3 is 2.72 bits per heavy atom. The average Bonchev–Trinajstić information content (AvgIpc) is 2.56.